The number of rotatable bonds is 3. The fraction of sp³-hybridized carbons (Fsp3) is 0.600. The predicted octanol–water partition coefficient (Wildman–Crippen LogP) is 1.89. The summed E-state index contributed by atoms with van der Waals surface area (Å²) in [6.07, 6.45) is 2.54. The van der Waals surface area contributed by atoms with Gasteiger partial charge in [-0.25, -0.2) is 0 Å². The molecule has 0 aliphatic carbocycles. The van der Waals surface area contributed by atoms with Crippen LogP contribution >= 0.6 is 0 Å². The van der Waals surface area contributed by atoms with Crippen LogP contribution in [0, 0.1) is 5.92 Å². The molecule has 2 saturated heterocycles. The maximum absolute atomic E-state index is 5.39. The van der Waals surface area contributed by atoms with Crippen LogP contribution in [0.1, 0.15) is 12.8 Å². The van der Waals surface area contributed by atoms with Gasteiger partial charge in [-0.3, -0.25) is 0 Å². The Morgan fingerprint density at radius 2 is 2.00 bits per heavy atom. The molecule has 2 heterocycles. The molecule has 2 fully saturated rings. The van der Waals surface area contributed by atoms with Gasteiger partial charge in [-0.2, -0.15) is 0 Å². The zero-order chi connectivity index (χ0) is 13.2. The Morgan fingerprint density at radius 1 is 1.16 bits per heavy atom. The number of methoxy groups -OCH3 is 2. The average molecular weight is 262 g/mol. The van der Waals surface area contributed by atoms with Crippen molar-refractivity contribution in [2.24, 2.45) is 5.92 Å². The Morgan fingerprint density at radius 3 is 2.79 bits per heavy atom. The van der Waals surface area contributed by atoms with Gasteiger partial charge in [0, 0.05) is 30.9 Å². The standard InChI is InChI=1S/C15H22N2O2/c1-18-14-4-3-12(9-15(14)19-2)17-8-6-13-11(10-17)5-7-16-13/h3-4,9,11,13,16H,5-8,10H2,1-2H3. The normalized spacial score (nSPS) is 26.1. The number of hydrogen-bond acceptors (Lipinski definition) is 4. The van der Waals surface area contributed by atoms with E-state index in [1.807, 2.05) is 6.07 Å². The molecule has 2 atom stereocenters. The van der Waals surface area contributed by atoms with Crippen LogP contribution in [0.25, 0.3) is 0 Å². The minimum absolute atomic E-state index is 0.733. The molecule has 2 aliphatic heterocycles. The van der Waals surface area contributed by atoms with Gasteiger partial charge in [0.05, 0.1) is 14.2 Å². The molecule has 1 aromatic carbocycles. The summed E-state index contributed by atoms with van der Waals surface area (Å²) in [5.74, 6) is 2.40. The first-order chi connectivity index (χ1) is 9.31. The monoisotopic (exact) mass is 262 g/mol. The number of hydrogen-bond donors (Lipinski definition) is 1. The summed E-state index contributed by atoms with van der Waals surface area (Å²) in [6.45, 7) is 3.44. The van der Waals surface area contributed by atoms with Crippen molar-refractivity contribution in [1.29, 1.82) is 0 Å². The van der Waals surface area contributed by atoms with Gasteiger partial charge in [-0.1, -0.05) is 0 Å². The minimum atomic E-state index is 0.733. The molecular weight excluding hydrogens is 240 g/mol. The zero-order valence-electron chi connectivity index (χ0n) is 11.7. The minimum Gasteiger partial charge on any atom is -0.493 e. The largest absolute Gasteiger partial charge is 0.493 e. The summed E-state index contributed by atoms with van der Waals surface area (Å²) >= 11 is 0. The highest BCUT2D eigenvalue weighted by molar-refractivity contribution is 5.56. The van der Waals surface area contributed by atoms with Crippen LogP contribution in [0.3, 0.4) is 0 Å². The third-order valence-corrected chi connectivity index (χ3v) is 4.39. The molecule has 4 nitrogen and oxygen atoms in total. The van der Waals surface area contributed by atoms with E-state index in [-0.39, 0.29) is 0 Å². The third-order valence-electron chi connectivity index (χ3n) is 4.39. The Labute approximate surface area is 114 Å². The topological polar surface area (TPSA) is 33.7 Å². The summed E-state index contributed by atoms with van der Waals surface area (Å²) in [5.41, 5.74) is 1.24. The van der Waals surface area contributed by atoms with Crippen molar-refractivity contribution in [1.82, 2.24) is 5.32 Å². The molecule has 0 saturated carbocycles. The SMILES string of the molecule is COc1ccc(N2CCC3NCCC3C2)cc1OC. The summed E-state index contributed by atoms with van der Waals surface area (Å²) in [6, 6.07) is 6.94. The highest BCUT2D eigenvalue weighted by Gasteiger charge is 2.32. The maximum Gasteiger partial charge on any atom is 0.162 e. The lowest BCUT2D eigenvalue weighted by Gasteiger charge is -2.36. The van der Waals surface area contributed by atoms with Crippen molar-refractivity contribution in [2.75, 3.05) is 38.8 Å². The van der Waals surface area contributed by atoms with Gasteiger partial charge < -0.3 is 19.7 Å². The van der Waals surface area contributed by atoms with Gasteiger partial charge in [-0.05, 0) is 37.4 Å². The van der Waals surface area contributed by atoms with Crippen molar-refractivity contribution < 1.29 is 9.47 Å². The quantitative estimate of drug-likeness (QED) is 0.902. The van der Waals surface area contributed by atoms with Gasteiger partial charge in [0.15, 0.2) is 11.5 Å². The fourth-order valence-electron chi connectivity index (χ4n) is 3.30. The highest BCUT2D eigenvalue weighted by atomic mass is 16.5. The first-order valence-corrected chi connectivity index (χ1v) is 7.02. The molecule has 0 amide bonds. The van der Waals surface area contributed by atoms with E-state index >= 15 is 0 Å². The first kappa shape index (κ1) is 12.6. The average Bonchev–Trinajstić information content (AvgIpc) is 2.93. The van der Waals surface area contributed by atoms with Crippen LogP contribution in [0.4, 0.5) is 5.69 Å². The van der Waals surface area contributed by atoms with Crippen molar-refractivity contribution in [3.63, 3.8) is 0 Å². The summed E-state index contributed by atoms with van der Waals surface area (Å²) in [7, 11) is 3.36. The second-order valence-electron chi connectivity index (χ2n) is 5.38. The molecule has 1 aromatic rings. The molecule has 19 heavy (non-hydrogen) atoms. The molecule has 0 radical (unpaired) electrons. The Hall–Kier alpha value is -1.42. The van der Waals surface area contributed by atoms with Crippen LogP contribution in [-0.4, -0.2) is 39.9 Å². The molecule has 0 bridgehead atoms. The number of anilines is 1. The van der Waals surface area contributed by atoms with Crippen molar-refractivity contribution in [2.45, 2.75) is 18.9 Å². The molecule has 3 rings (SSSR count). The summed E-state index contributed by atoms with van der Waals surface area (Å²) in [4.78, 5) is 2.47. The van der Waals surface area contributed by atoms with E-state index in [9.17, 15) is 0 Å². The predicted molar refractivity (Wildman–Crippen MR) is 76.3 cm³/mol. The van der Waals surface area contributed by atoms with Gasteiger partial charge >= 0.3 is 0 Å². The van der Waals surface area contributed by atoms with E-state index in [1.54, 1.807) is 14.2 Å². The summed E-state index contributed by atoms with van der Waals surface area (Å²) < 4.78 is 10.7. The van der Waals surface area contributed by atoms with Crippen LogP contribution in [-0.2, 0) is 0 Å². The number of piperidine rings is 1. The van der Waals surface area contributed by atoms with E-state index in [0.29, 0.717) is 0 Å². The van der Waals surface area contributed by atoms with Gasteiger partial charge in [0.25, 0.3) is 0 Å². The van der Waals surface area contributed by atoms with Crippen LogP contribution in [0.15, 0.2) is 18.2 Å². The molecule has 1 N–H and O–H groups in total. The molecule has 2 unspecified atom stereocenters. The molecule has 104 valence electrons. The number of nitrogens with zero attached hydrogens (tertiary/aromatic N) is 1. The van der Waals surface area contributed by atoms with Crippen molar-refractivity contribution in [3.8, 4) is 11.5 Å². The van der Waals surface area contributed by atoms with Crippen LogP contribution in [0.2, 0.25) is 0 Å². The van der Waals surface area contributed by atoms with Crippen molar-refractivity contribution >= 4 is 5.69 Å². The van der Waals surface area contributed by atoms with E-state index in [2.05, 4.69) is 22.3 Å². The van der Waals surface area contributed by atoms with E-state index < -0.39 is 0 Å². The number of ether oxygens (including phenoxy) is 2. The first-order valence-electron chi connectivity index (χ1n) is 7.02. The molecular formula is C15H22N2O2. The second kappa shape index (κ2) is 5.29. The smallest absolute Gasteiger partial charge is 0.162 e. The van der Waals surface area contributed by atoms with Crippen LogP contribution in [0.5, 0.6) is 11.5 Å². The highest BCUT2D eigenvalue weighted by Crippen LogP contribution is 2.34. The summed E-state index contributed by atoms with van der Waals surface area (Å²) in [5, 5.41) is 3.60. The molecule has 0 aromatic heterocycles. The molecule has 2 aliphatic rings. The van der Waals surface area contributed by atoms with Gasteiger partial charge in [0.1, 0.15) is 0 Å². The lowest BCUT2D eigenvalue weighted by atomic mass is 9.93. The Balaban J connectivity index is 1.78. The lowest BCUT2D eigenvalue weighted by Crippen LogP contribution is -2.44. The Bertz CT molecular complexity index is 450. The molecule has 0 spiro atoms. The number of nitrogens with one attached hydrogen (secondary N) is 1. The fourth-order valence-corrected chi connectivity index (χ4v) is 3.30. The Kier molecular flexibility index (Phi) is 3.51. The second-order valence-corrected chi connectivity index (χ2v) is 5.38. The maximum atomic E-state index is 5.39. The number of fused-ring (bicyclic) bond motifs is 1. The van der Waals surface area contributed by atoms with E-state index in [4.69, 9.17) is 9.47 Å². The number of benzene rings is 1. The van der Waals surface area contributed by atoms with E-state index in [0.717, 1.165) is 36.5 Å². The zero-order valence-corrected chi connectivity index (χ0v) is 11.7. The third kappa shape index (κ3) is 2.37. The van der Waals surface area contributed by atoms with Crippen LogP contribution < -0.4 is 19.7 Å². The van der Waals surface area contributed by atoms with Gasteiger partial charge in [0.2, 0.25) is 0 Å². The molecule has 4 heteroatoms. The van der Waals surface area contributed by atoms with E-state index in [1.165, 1.54) is 25.1 Å². The van der Waals surface area contributed by atoms with Crippen molar-refractivity contribution in [3.05, 3.63) is 18.2 Å². The lowest BCUT2D eigenvalue weighted by molar-refractivity contribution is 0.353. The van der Waals surface area contributed by atoms with Gasteiger partial charge in [-0.15, -0.1) is 0 Å².